The molecule has 1 aromatic carbocycles. The summed E-state index contributed by atoms with van der Waals surface area (Å²) in [7, 11) is -3.95. The Bertz CT molecular complexity index is 1200. The standard InChI is InChI=1S/C26H33F2N3O4S/c1-18-25(24(35-30-18)12-10-19-9-11-21(27)17-23(19)28)36(33,34)31-15-13-20(14-16-31)26(32)29-22-7-5-3-2-4-6-8-22/h9-12,17,20,22H,2-8,13-16H2,1H3,(H,29,32)/b12-10+. The lowest BCUT2D eigenvalue weighted by atomic mass is 9.94. The summed E-state index contributed by atoms with van der Waals surface area (Å²) >= 11 is 0. The molecular weight excluding hydrogens is 488 g/mol. The molecule has 196 valence electrons. The summed E-state index contributed by atoms with van der Waals surface area (Å²) in [6.07, 6.45) is 11.5. The molecule has 2 heterocycles. The van der Waals surface area contributed by atoms with Crippen molar-refractivity contribution < 1.29 is 26.5 Å². The Kier molecular flexibility index (Phi) is 8.56. The maximum Gasteiger partial charge on any atom is 0.248 e. The van der Waals surface area contributed by atoms with Gasteiger partial charge in [-0.15, -0.1) is 0 Å². The van der Waals surface area contributed by atoms with E-state index in [0.717, 1.165) is 37.8 Å². The van der Waals surface area contributed by atoms with E-state index in [2.05, 4.69) is 10.5 Å². The first kappa shape index (κ1) is 26.5. The summed E-state index contributed by atoms with van der Waals surface area (Å²) in [5.74, 6) is -1.70. The van der Waals surface area contributed by atoms with Gasteiger partial charge in [0.15, 0.2) is 10.7 Å². The minimum absolute atomic E-state index is 0.0173. The van der Waals surface area contributed by atoms with Crippen LogP contribution in [-0.4, -0.2) is 42.9 Å². The number of piperidine rings is 1. The van der Waals surface area contributed by atoms with E-state index in [1.54, 1.807) is 0 Å². The summed E-state index contributed by atoms with van der Waals surface area (Å²) in [5.41, 5.74) is 0.281. The second-order valence-electron chi connectivity index (χ2n) is 9.69. The van der Waals surface area contributed by atoms with Crippen LogP contribution in [0.25, 0.3) is 12.2 Å². The number of aryl methyl sites for hydroxylation is 1. The fourth-order valence-electron chi connectivity index (χ4n) is 5.01. The second kappa shape index (κ2) is 11.6. The van der Waals surface area contributed by atoms with Crippen LogP contribution >= 0.6 is 0 Å². The Labute approximate surface area is 211 Å². The van der Waals surface area contributed by atoms with Gasteiger partial charge >= 0.3 is 0 Å². The van der Waals surface area contributed by atoms with Crippen LogP contribution < -0.4 is 5.32 Å². The van der Waals surface area contributed by atoms with E-state index in [4.69, 9.17) is 4.52 Å². The van der Waals surface area contributed by atoms with Crippen molar-refractivity contribution in [1.82, 2.24) is 14.8 Å². The zero-order chi connectivity index (χ0) is 25.7. The Balaban J connectivity index is 1.41. The highest BCUT2D eigenvalue weighted by Gasteiger charge is 2.36. The van der Waals surface area contributed by atoms with E-state index < -0.39 is 21.7 Å². The highest BCUT2D eigenvalue weighted by Crippen LogP contribution is 2.30. The van der Waals surface area contributed by atoms with Gasteiger partial charge in [-0.3, -0.25) is 4.79 Å². The number of nitrogens with one attached hydrogen (secondary N) is 1. The number of halogens is 2. The maximum atomic E-state index is 14.0. The second-order valence-corrected chi connectivity index (χ2v) is 11.6. The van der Waals surface area contributed by atoms with E-state index in [9.17, 15) is 22.0 Å². The molecule has 0 spiro atoms. The number of sulfonamides is 1. The number of carbonyl (C=O) groups excluding carboxylic acids is 1. The molecule has 2 fully saturated rings. The number of hydrogen-bond donors (Lipinski definition) is 1. The van der Waals surface area contributed by atoms with Crippen LogP contribution in [0.4, 0.5) is 8.78 Å². The molecule has 2 aromatic rings. The molecule has 1 N–H and O–H groups in total. The smallest absolute Gasteiger partial charge is 0.248 e. The molecule has 0 atom stereocenters. The van der Waals surface area contributed by atoms with Crippen LogP contribution in [0.15, 0.2) is 27.6 Å². The summed E-state index contributed by atoms with van der Waals surface area (Å²) in [5, 5.41) is 7.00. The number of hydrogen-bond acceptors (Lipinski definition) is 5. The van der Waals surface area contributed by atoms with Gasteiger partial charge in [0.1, 0.15) is 17.3 Å². The van der Waals surface area contributed by atoms with Crippen molar-refractivity contribution in [2.45, 2.75) is 75.6 Å². The number of amides is 1. The normalized spacial score (nSPS) is 19.3. The molecule has 36 heavy (non-hydrogen) atoms. The molecule has 1 aromatic heterocycles. The van der Waals surface area contributed by atoms with Crippen LogP contribution in [0.5, 0.6) is 0 Å². The highest BCUT2D eigenvalue weighted by molar-refractivity contribution is 7.89. The predicted octanol–water partition coefficient (Wildman–Crippen LogP) is 5.06. The van der Waals surface area contributed by atoms with Crippen molar-refractivity contribution in [3.63, 3.8) is 0 Å². The number of aromatic nitrogens is 1. The molecule has 0 unspecified atom stereocenters. The van der Waals surface area contributed by atoms with Crippen molar-refractivity contribution in [2.24, 2.45) is 5.92 Å². The largest absolute Gasteiger partial charge is 0.355 e. The lowest BCUT2D eigenvalue weighted by Crippen LogP contribution is -2.45. The van der Waals surface area contributed by atoms with Gasteiger partial charge in [-0.1, -0.05) is 37.3 Å². The number of nitrogens with zero attached hydrogens (tertiary/aromatic N) is 2. The zero-order valence-electron chi connectivity index (χ0n) is 20.5. The van der Waals surface area contributed by atoms with Crippen LogP contribution in [0.3, 0.4) is 0 Å². The highest BCUT2D eigenvalue weighted by atomic mass is 32.2. The minimum Gasteiger partial charge on any atom is -0.355 e. The van der Waals surface area contributed by atoms with Crippen molar-refractivity contribution in [1.29, 1.82) is 0 Å². The SMILES string of the molecule is Cc1noc(/C=C/c2ccc(F)cc2F)c1S(=O)(=O)N1CCC(C(=O)NC2CCCCCCC2)CC1. The Morgan fingerprint density at radius 3 is 2.39 bits per heavy atom. The minimum atomic E-state index is -3.95. The third-order valence-corrected chi connectivity index (χ3v) is 9.14. The molecule has 4 rings (SSSR count). The summed E-state index contributed by atoms with van der Waals surface area (Å²) < 4.78 is 60.6. The summed E-state index contributed by atoms with van der Waals surface area (Å²) in [6.45, 7) is 1.96. The van der Waals surface area contributed by atoms with Gasteiger partial charge in [-0.25, -0.2) is 17.2 Å². The maximum absolute atomic E-state index is 14.0. The van der Waals surface area contributed by atoms with E-state index in [-0.39, 0.29) is 52.9 Å². The molecule has 1 saturated heterocycles. The van der Waals surface area contributed by atoms with Gasteiger partial charge in [-0.05, 0) is 56.9 Å². The van der Waals surface area contributed by atoms with Gasteiger partial charge in [0.05, 0.1) is 0 Å². The van der Waals surface area contributed by atoms with Crippen molar-refractivity contribution in [3.05, 3.63) is 46.9 Å². The molecule has 7 nitrogen and oxygen atoms in total. The lowest BCUT2D eigenvalue weighted by molar-refractivity contribution is -0.127. The zero-order valence-corrected chi connectivity index (χ0v) is 21.3. The number of benzene rings is 1. The molecule has 10 heteroatoms. The van der Waals surface area contributed by atoms with Gasteiger partial charge in [0.2, 0.25) is 15.9 Å². The lowest BCUT2D eigenvalue weighted by Gasteiger charge is -2.31. The fraction of sp³-hybridized carbons (Fsp3) is 0.538. The van der Waals surface area contributed by atoms with E-state index in [0.29, 0.717) is 12.8 Å². The molecule has 2 aliphatic rings. The third-order valence-electron chi connectivity index (χ3n) is 7.08. The molecule has 1 amide bonds. The predicted molar refractivity (Wildman–Crippen MR) is 132 cm³/mol. The van der Waals surface area contributed by atoms with Crippen LogP contribution in [0.1, 0.15) is 74.8 Å². The molecule has 0 bridgehead atoms. The number of carbonyl (C=O) groups is 1. The monoisotopic (exact) mass is 521 g/mol. The Morgan fingerprint density at radius 1 is 1.06 bits per heavy atom. The van der Waals surface area contributed by atoms with Gasteiger partial charge in [0, 0.05) is 36.7 Å². The van der Waals surface area contributed by atoms with Gasteiger partial charge < -0.3 is 9.84 Å². The van der Waals surface area contributed by atoms with Crippen LogP contribution in [-0.2, 0) is 14.8 Å². The third kappa shape index (κ3) is 6.21. The van der Waals surface area contributed by atoms with Gasteiger partial charge in [-0.2, -0.15) is 4.31 Å². The van der Waals surface area contributed by atoms with Crippen molar-refractivity contribution >= 4 is 28.1 Å². The first-order valence-corrected chi connectivity index (χ1v) is 14.1. The molecule has 1 aliphatic carbocycles. The Morgan fingerprint density at radius 2 is 1.72 bits per heavy atom. The molecular formula is C26H33F2N3O4S. The van der Waals surface area contributed by atoms with Gasteiger partial charge in [0.25, 0.3) is 0 Å². The topological polar surface area (TPSA) is 92.5 Å². The van der Waals surface area contributed by atoms with Crippen molar-refractivity contribution in [3.8, 4) is 0 Å². The number of rotatable bonds is 6. The average molecular weight is 522 g/mol. The molecule has 1 saturated carbocycles. The average Bonchev–Trinajstić information content (AvgIpc) is 3.21. The first-order chi connectivity index (χ1) is 17.3. The first-order valence-electron chi connectivity index (χ1n) is 12.7. The van der Waals surface area contributed by atoms with Crippen LogP contribution in [0.2, 0.25) is 0 Å². The van der Waals surface area contributed by atoms with E-state index in [1.807, 2.05) is 0 Å². The molecule has 0 radical (unpaired) electrons. The summed E-state index contributed by atoms with van der Waals surface area (Å²) in [6, 6.07) is 3.33. The molecule has 1 aliphatic heterocycles. The summed E-state index contributed by atoms with van der Waals surface area (Å²) in [4.78, 5) is 12.8. The van der Waals surface area contributed by atoms with E-state index in [1.165, 1.54) is 48.7 Å². The quantitative estimate of drug-likeness (QED) is 0.574. The fourth-order valence-corrected chi connectivity index (χ4v) is 6.73. The Hall–Kier alpha value is -2.59. The van der Waals surface area contributed by atoms with E-state index >= 15 is 0 Å². The van der Waals surface area contributed by atoms with Crippen molar-refractivity contribution in [2.75, 3.05) is 13.1 Å². The van der Waals surface area contributed by atoms with Crippen LogP contribution in [0, 0.1) is 24.5 Å².